The SMILES string of the molecule is CCOc1cc(/C=C2\SC(=S)N(c3ccc(C)cc3C)C2=O)ccc1OC(C)=O. The first kappa shape index (κ1) is 21.1. The van der Waals surface area contributed by atoms with E-state index in [0.29, 0.717) is 27.3 Å². The van der Waals surface area contributed by atoms with E-state index < -0.39 is 5.97 Å². The summed E-state index contributed by atoms with van der Waals surface area (Å²) in [7, 11) is 0. The molecule has 1 amide bonds. The molecule has 7 heteroatoms. The molecule has 1 heterocycles. The molecule has 0 atom stereocenters. The Morgan fingerprint density at radius 1 is 1.17 bits per heavy atom. The van der Waals surface area contributed by atoms with Crippen LogP contribution in [-0.2, 0) is 9.59 Å². The third kappa shape index (κ3) is 4.68. The Kier molecular flexibility index (Phi) is 6.39. The Balaban J connectivity index is 1.93. The van der Waals surface area contributed by atoms with Gasteiger partial charge in [0, 0.05) is 6.92 Å². The zero-order valence-corrected chi connectivity index (χ0v) is 18.3. The van der Waals surface area contributed by atoms with Crippen LogP contribution in [0.2, 0.25) is 0 Å². The van der Waals surface area contributed by atoms with Gasteiger partial charge in [0.25, 0.3) is 5.91 Å². The van der Waals surface area contributed by atoms with Gasteiger partial charge in [0.1, 0.15) is 0 Å². The van der Waals surface area contributed by atoms with Gasteiger partial charge < -0.3 is 9.47 Å². The van der Waals surface area contributed by atoms with Crippen molar-refractivity contribution in [1.29, 1.82) is 0 Å². The fourth-order valence-electron chi connectivity index (χ4n) is 3.00. The van der Waals surface area contributed by atoms with Crippen molar-refractivity contribution < 1.29 is 19.1 Å². The Morgan fingerprint density at radius 3 is 2.59 bits per heavy atom. The molecule has 0 aliphatic carbocycles. The summed E-state index contributed by atoms with van der Waals surface area (Å²) in [6.45, 7) is 7.58. The number of rotatable bonds is 5. The van der Waals surface area contributed by atoms with Crippen LogP contribution >= 0.6 is 24.0 Å². The molecule has 0 radical (unpaired) electrons. The van der Waals surface area contributed by atoms with Crippen LogP contribution in [0.25, 0.3) is 6.08 Å². The molecule has 0 bridgehead atoms. The molecule has 5 nitrogen and oxygen atoms in total. The zero-order chi connectivity index (χ0) is 21.1. The summed E-state index contributed by atoms with van der Waals surface area (Å²) >= 11 is 6.73. The number of nitrogens with zero attached hydrogens (tertiary/aromatic N) is 1. The summed E-state index contributed by atoms with van der Waals surface area (Å²) in [5.41, 5.74) is 3.67. The van der Waals surface area contributed by atoms with Crippen molar-refractivity contribution in [2.45, 2.75) is 27.7 Å². The smallest absolute Gasteiger partial charge is 0.308 e. The van der Waals surface area contributed by atoms with Crippen molar-refractivity contribution in [2.24, 2.45) is 0 Å². The number of ether oxygens (including phenoxy) is 2. The average molecular weight is 428 g/mol. The Labute approximate surface area is 179 Å². The largest absolute Gasteiger partial charge is 0.490 e. The maximum Gasteiger partial charge on any atom is 0.308 e. The standard InChI is InChI=1S/C22H21NO4S2/c1-5-26-19-11-16(7-9-18(19)27-15(4)24)12-20-21(25)23(22(28)29-20)17-8-6-13(2)10-14(17)3/h6-12H,5H2,1-4H3/b20-12-. The minimum atomic E-state index is -0.423. The van der Waals surface area contributed by atoms with Gasteiger partial charge in [-0.15, -0.1) is 0 Å². The molecule has 1 aliphatic heterocycles. The topological polar surface area (TPSA) is 55.8 Å². The molecule has 150 valence electrons. The van der Waals surface area contributed by atoms with E-state index in [0.717, 1.165) is 22.4 Å². The van der Waals surface area contributed by atoms with E-state index in [4.69, 9.17) is 21.7 Å². The molecule has 1 fully saturated rings. The molecule has 0 N–H and O–H groups in total. The number of anilines is 1. The van der Waals surface area contributed by atoms with Crippen LogP contribution in [0.4, 0.5) is 5.69 Å². The average Bonchev–Trinajstić information content (AvgIpc) is 2.91. The molecule has 0 spiro atoms. The van der Waals surface area contributed by atoms with Gasteiger partial charge in [0.15, 0.2) is 15.8 Å². The van der Waals surface area contributed by atoms with E-state index in [-0.39, 0.29) is 5.91 Å². The van der Waals surface area contributed by atoms with Gasteiger partial charge in [-0.2, -0.15) is 0 Å². The van der Waals surface area contributed by atoms with E-state index in [9.17, 15) is 9.59 Å². The number of carbonyl (C=O) groups excluding carboxylic acids is 2. The minimum absolute atomic E-state index is 0.158. The maximum atomic E-state index is 13.0. The number of hydrogen-bond donors (Lipinski definition) is 0. The molecule has 1 saturated heterocycles. The Hall–Kier alpha value is -2.64. The van der Waals surface area contributed by atoms with E-state index in [2.05, 4.69) is 0 Å². The number of carbonyl (C=O) groups is 2. The lowest BCUT2D eigenvalue weighted by Gasteiger charge is -2.17. The fourth-order valence-corrected chi connectivity index (χ4v) is 4.29. The molecular weight excluding hydrogens is 406 g/mol. The zero-order valence-electron chi connectivity index (χ0n) is 16.6. The lowest BCUT2D eigenvalue weighted by molar-refractivity contribution is -0.132. The van der Waals surface area contributed by atoms with Crippen molar-refractivity contribution in [3.05, 3.63) is 58.0 Å². The van der Waals surface area contributed by atoms with Crippen LogP contribution in [0, 0.1) is 13.8 Å². The lowest BCUT2D eigenvalue weighted by Crippen LogP contribution is -2.28. The van der Waals surface area contributed by atoms with Crippen LogP contribution < -0.4 is 14.4 Å². The summed E-state index contributed by atoms with van der Waals surface area (Å²) in [6.07, 6.45) is 1.77. The molecular formula is C22H21NO4S2. The van der Waals surface area contributed by atoms with E-state index in [1.807, 2.05) is 39.0 Å². The van der Waals surface area contributed by atoms with Crippen molar-refractivity contribution in [1.82, 2.24) is 0 Å². The molecule has 2 aromatic rings. The number of aryl methyl sites for hydroxylation is 2. The third-order valence-electron chi connectivity index (χ3n) is 4.21. The first-order valence-electron chi connectivity index (χ1n) is 9.10. The minimum Gasteiger partial charge on any atom is -0.490 e. The van der Waals surface area contributed by atoms with Gasteiger partial charge in [-0.1, -0.05) is 47.7 Å². The van der Waals surface area contributed by atoms with Crippen LogP contribution in [0.5, 0.6) is 11.5 Å². The van der Waals surface area contributed by atoms with Crippen molar-refractivity contribution >= 4 is 51.9 Å². The normalized spacial score (nSPS) is 15.2. The van der Waals surface area contributed by atoms with Gasteiger partial charge in [-0.3, -0.25) is 14.5 Å². The number of thiocarbonyl (C=S) groups is 1. The number of amides is 1. The quantitative estimate of drug-likeness (QED) is 0.289. The maximum absolute atomic E-state index is 13.0. The molecule has 3 rings (SSSR count). The highest BCUT2D eigenvalue weighted by molar-refractivity contribution is 8.27. The molecule has 0 unspecified atom stereocenters. The van der Waals surface area contributed by atoms with Gasteiger partial charge in [0.2, 0.25) is 0 Å². The Bertz CT molecular complexity index is 1030. The third-order valence-corrected chi connectivity index (χ3v) is 5.51. The summed E-state index contributed by atoms with van der Waals surface area (Å²) < 4.78 is 11.2. The van der Waals surface area contributed by atoms with Crippen molar-refractivity contribution in [3.8, 4) is 11.5 Å². The van der Waals surface area contributed by atoms with Gasteiger partial charge in [-0.25, -0.2) is 0 Å². The highest BCUT2D eigenvalue weighted by Crippen LogP contribution is 2.38. The number of thioether (sulfide) groups is 1. The second-order valence-corrected chi connectivity index (χ2v) is 8.22. The Morgan fingerprint density at radius 2 is 1.93 bits per heavy atom. The summed E-state index contributed by atoms with van der Waals surface area (Å²) in [5.74, 6) is 0.211. The van der Waals surface area contributed by atoms with Crippen molar-refractivity contribution in [2.75, 3.05) is 11.5 Å². The first-order valence-corrected chi connectivity index (χ1v) is 10.3. The summed E-state index contributed by atoms with van der Waals surface area (Å²) in [6, 6.07) is 11.1. The van der Waals surface area contributed by atoms with E-state index >= 15 is 0 Å². The second kappa shape index (κ2) is 8.80. The predicted molar refractivity (Wildman–Crippen MR) is 120 cm³/mol. The number of hydrogen-bond acceptors (Lipinski definition) is 6. The fraction of sp³-hybridized carbons (Fsp3) is 0.227. The summed E-state index contributed by atoms with van der Waals surface area (Å²) in [5, 5.41) is 0. The monoisotopic (exact) mass is 427 g/mol. The number of esters is 1. The van der Waals surface area contributed by atoms with Gasteiger partial charge in [-0.05, 0) is 56.2 Å². The van der Waals surface area contributed by atoms with Crippen LogP contribution in [0.15, 0.2) is 41.3 Å². The van der Waals surface area contributed by atoms with E-state index in [1.165, 1.54) is 18.7 Å². The highest BCUT2D eigenvalue weighted by atomic mass is 32.2. The molecule has 1 aliphatic rings. The molecule has 29 heavy (non-hydrogen) atoms. The highest BCUT2D eigenvalue weighted by Gasteiger charge is 2.34. The van der Waals surface area contributed by atoms with E-state index in [1.54, 1.807) is 29.2 Å². The van der Waals surface area contributed by atoms with Crippen LogP contribution in [-0.4, -0.2) is 22.8 Å². The summed E-state index contributed by atoms with van der Waals surface area (Å²) in [4.78, 5) is 26.4. The predicted octanol–water partition coefficient (Wildman–Crippen LogP) is 5.03. The lowest BCUT2D eigenvalue weighted by atomic mass is 10.1. The molecule has 0 aromatic heterocycles. The number of benzene rings is 2. The van der Waals surface area contributed by atoms with Gasteiger partial charge in [0.05, 0.1) is 17.2 Å². The second-order valence-electron chi connectivity index (χ2n) is 6.54. The molecule has 2 aromatic carbocycles. The van der Waals surface area contributed by atoms with Crippen molar-refractivity contribution in [3.63, 3.8) is 0 Å². The van der Waals surface area contributed by atoms with Crippen LogP contribution in [0.1, 0.15) is 30.5 Å². The molecule has 0 saturated carbocycles. The first-order chi connectivity index (χ1) is 13.8. The van der Waals surface area contributed by atoms with Gasteiger partial charge >= 0.3 is 5.97 Å². The van der Waals surface area contributed by atoms with Crippen LogP contribution in [0.3, 0.4) is 0 Å².